The highest BCUT2D eigenvalue weighted by Crippen LogP contribution is 2.38. The third kappa shape index (κ3) is 2.95. The lowest BCUT2D eigenvalue weighted by Crippen LogP contribution is -2.28. The van der Waals surface area contributed by atoms with E-state index in [9.17, 15) is 9.59 Å². The summed E-state index contributed by atoms with van der Waals surface area (Å²) >= 11 is 0. The van der Waals surface area contributed by atoms with Gasteiger partial charge in [0, 0.05) is 36.7 Å². The van der Waals surface area contributed by atoms with Crippen molar-refractivity contribution in [1.82, 2.24) is 9.88 Å². The van der Waals surface area contributed by atoms with Crippen molar-refractivity contribution in [2.24, 2.45) is 5.73 Å². The predicted molar refractivity (Wildman–Crippen MR) is 106 cm³/mol. The Labute approximate surface area is 162 Å². The largest absolute Gasteiger partial charge is 0.366 e. The molecule has 2 aromatic carbocycles. The van der Waals surface area contributed by atoms with Crippen LogP contribution >= 0.6 is 0 Å². The molecule has 2 heterocycles. The SMILES string of the molecule is CC(=O)N1CCCc2c(cccc2-c2c(F)cc(C(N)=O)c3[nH]c(C)cc23)C1. The maximum atomic E-state index is 15.2. The van der Waals surface area contributed by atoms with Crippen LogP contribution < -0.4 is 5.73 Å². The van der Waals surface area contributed by atoms with Gasteiger partial charge in [-0.05, 0) is 48.6 Å². The first-order valence-corrected chi connectivity index (χ1v) is 9.35. The molecule has 0 fully saturated rings. The molecule has 5 nitrogen and oxygen atoms in total. The Hall–Kier alpha value is -3.15. The zero-order valence-electron chi connectivity index (χ0n) is 15.9. The van der Waals surface area contributed by atoms with E-state index < -0.39 is 11.7 Å². The number of aromatic nitrogens is 1. The molecule has 0 radical (unpaired) electrons. The third-order valence-electron chi connectivity index (χ3n) is 5.47. The Kier molecular flexibility index (Phi) is 4.41. The number of benzene rings is 2. The van der Waals surface area contributed by atoms with Gasteiger partial charge in [-0.15, -0.1) is 0 Å². The molecule has 0 saturated carbocycles. The monoisotopic (exact) mass is 379 g/mol. The van der Waals surface area contributed by atoms with Crippen molar-refractivity contribution in [2.45, 2.75) is 33.2 Å². The molecular weight excluding hydrogens is 357 g/mol. The Morgan fingerprint density at radius 3 is 2.75 bits per heavy atom. The number of nitrogens with one attached hydrogen (secondary N) is 1. The van der Waals surface area contributed by atoms with Crippen LogP contribution in [0, 0.1) is 12.7 Å². The molecule has 6 heteroatoms. The number of amides is 2. The summed E-state index contributed by atoms with van der Waals surface area (Å²) in [5, 5.41) is 0.646. The topological polar surface area (TPSA) is 79.2 Å². The summed E-state index contributed by atoms with van der Waals surface area (Å²) in [5.41, 5.74) is 10.3. The lowest BCUT2D eigenvalue weighted by atomic mass is 9.90. The molecule has 0 spiro atoms. The normalized spacial score (nSPS) is 14.0. The van der Waals surface area contributed by atoms with E-state index in [-0.39, 0.29) is 11.5 Å². The summed E-state index contributed by atoms with van der Waals surface area (Å²) in [4.78, 5) is 28.6. The number of primary amides is 1. The quantitative estimate of drug-likeness (QED) is 0.712. The van der Waals surface area contributed by atoms with Gasteiger partial charge in [-0.25, -0.2) is 4.39 Å². The van der Waals surface area contributed by atoms with Crippen LogP contribution in [0.2, 0.25) is 0 Å². The van der Waals surface area contributed by atoms with Gasteiger partial charge in [-0.3, -0.25) is 9.59 Å². The molecule has 2 amide bonds. The van der Waals surface area contributed by atoms with Crippen molar-refractivity contribution < 1.29 is 14.0 Å². The fourth-order valence-electron chi connectivity index (χ4n) is 4.18. The van der Waals surface area contributed by atoms with Gasteiger partial charge in [-0.1, -0.05) is 18.2 Å². The fourth-order valence-corrected chi connectivity index (χ4v) is 4.18. The van der Waals surface area contributed by atoms with Crippen LogP contribution in [0.1, 0.15) is 40.5 Å². The number of carbonyl (C=O) groups excluding carboxylic acids is 2. The van der Waals surface area contributed by atoms with Crippen molar-refractivity contribution in [2.75, 3.05) is 6.54 Å². The zero-order valence-corrected chi connectivity index (χ0v) is 15.9. The number of halogens is 1. The third-order valence-corrected chi connectivity index (χ3v) is 5.47. The molecule has 1 aromatic heterocycles. The van der Waals surface area contributed by atoms with Crippen LogP contribution in [-0.4, -0.2) is 28.2 Å². The van der Waals surface area contributed by atoms with Crippen LogP contribution in [-0.2, 0) is 17.8 Å². The number of rotatable bonds is 2. The molecule has 3 aromatic rings. The molecule has 4 rings (SSSR count). The molecule has 1 aliphatic heterocycles. The first-order valence-electron chi connectivity index (χ1n) is 9.35. The van der Waals surface area contributed by atoms with Crippen molar-refractivity contribution in [3.8, 4) is 11.1 Å². The number of aromatic amines is 1. The van der Waals surface area contributed by atoms with Gasteiger partial charge in [0.05, 0.1) is 11.1 Å². The highest BCUT2D eigenvalue weighted by atomic mass is 19.1. The van der Waals surface area contributed by atoms with Gasteiger partial charge in [0.15, 0.2) is 0 Å². The number of nitrogens with two attached hydrogens (primary N) is 1. The lowest BCUT2D eigenvalue weighted by molar-refractivity contribution is -0.129. The van der Waals surface area contributed by atoms with E-state index in [4.69, 9.17) is 5.73 Å². The highest BCUT2D eigenvalue weighted by Gasteiger charge is 2.23. The van der Waals surface area contributed by atoms with E-state index in [1.54, 1.807) is 6.92 Å². The van der Waals surface area contributed by atoms with Crippen molar-refractivity contribution >= 4 is 22.7 Å². The van der Waals surface area contributed by atoms with Gasteiger partial charge in [0.2, 0.25) is 5.91 Å². The molecule has 0 saturated heterocycles. The Bertz CT molecular complexity index is 1120. The standard InChI is InChI=1S/C22H22FN3O2/c1-12-9-17-20(19(23)10-18(22(24)28)21(17)25-12)16-6-3-5-14-11-26(13(2)27)8-4-7-15(14)16/h3,5-6,9-10,25H,4,7-8,11H2,1-2H3,(H2,24,28). The van der Waals surface area contributed by atoms with Gasteiger partial charge >= 0.3 is 0 Å². The first kappa shape index (κ1) is 18.2. The lowest BCUT2D eigenvalue weighted by Gasteiger charge is -2.19. The maximum Gasteiger partial charge on any atom is 0.250 e. The van der Waals surface area contributed by atoms with Gasteiger partial charge in [0.25, 0.3) is 5.91 Å². The number of aryl methyl sites for hydroxylation is 1. The second kappa shape index (κ2) is 6.78. The zero-order chi connectivity index (χ0) is 20.0. The van der Waals surface area contributed by atoms with Gasteiger partial charge < -0.3 is 15.6 Å². The smallest absolute Gasteiger partial charge is 0.250 e. The predicted octanol–water partition coefficient (Wildman–Crippen LogP) is 3.68. The van der Waals surface area contributed by atoms with Gasteiger partial charge in [0.1, 0.15) is 5.82 Å². The van der Waals surface area contributed by atoms with Crippen molar-refractivity contribution in [3.05, 3.63) is 58.5 Å². The number of H-pyrrole nitrogens is 1. The van der Waals surface area contributed by atoms with Crippen LogP contribution in [0.15, 0.2) is 30.3 Å². The Morgan fingerprint density at radius 2 is 2.04 bits per heavy atom. The van der Waals surface area contributed by atoms with Crippen LogP contribution in [0.25, 0.3) is 22.0 Å². The van der Waals surface area contributed by atoms with Crippen molar-refractivity contribution in [3.63, 3.8) is 0 Å². The summed E-state index contributed by atoms with van der Waals surface area (Å²) in [7, 11) is 0. The van der Waals surface area contributed by atoms with Gasteiger partial charge in [-0.2, -0.15) is 0 Å². The second-order valence-corrected chi connectivity index (χ2v) is 7.37. The van der Waals surface area contributed by atoms with Crippen molar-refractivity contribution in [1.29, 1.82) is 0 Å². The molecule has 144 valence electrons. The Morgan fingerprint density at radius 1 is 1.25 bits per heavy atom. The first-order chi connectivity index (χ1) is 13.4. The maximum absolute atomic E-state index is 15.2. The summed E-state index contributed by atoms with van der Waals surface area (Å²) in [6.45, 7) is 4.64. The van der Waals surface area contributed by atoms with E-state index in [0.29, 0.717) is 29.6 Å². The summed E-state index contributed by atoms with van der Waals surface area (Å²) in [5.74, 6) is -1.10. The average Bonchev–Trinajstić information content (AvgIpc) is 2.87. The molecule has 0 aliphatic carbocycles. The number of carbonyl (C=O) groups is 2. The van der Waals surface area contributed by atoms with E-state index in [0.717, 1.165) is 35.2 Å². The highest BCUT2D eigenvalue weighted by molar-refractivity contribution is 6.09. The van der Waals surface area contributed by atoms with Crippen LogP contribution in [0.4, 0.5) is 4.39 Å². The number of hydrogen-bond acceptors (Lipinski definition) is 2. The number of nitrogens with zero attached hydrogens (tertiary/aromatic N) is 1. The minimum absolute atomic E-state index is 0.0406. The summed E-state index contributed by atoms with van der Waals surface area (Å²) in [6.07, 6.45) is 1.58. The molecule has 0 atom stereocenters. The van der Waals surface area contributed by atoms with Crippen LogP contribution in [0.3, 0.4) is 0 Å². The molecule has 1 aliphatic rings. The fraction of sp³-hybridized carbons (Fsp3) is 0.273. The summed E-state index contributed by atoms with van der Waals surface area (Å²) in [6, 6.07) is 8.86. The molecular formula is C22H22FN3O2. The number of fused-ring (bicyclic) bond motifs is 2. The van der Waals surface area contributed by atoms with E-state index >= 15 is 4.39 Å². The molecule has 28 heavy (non-hydrogen) atoms. The average molecular weight is 379 g/mol. The van der Waals surface area contributed by atoms with E-state index in [1.807, 2.05) is 36.1 Å². The molecule has 3 N–H and O–H groups in total. The Balaban J connectivity index is 1.97. The molecule has 0 unspecified atom stereocenters. The molecule has 0 bridgehead atoms. The van der Waals surface area contributed by atoms with E-state index in [2.05, 4.69) is 4.98 Å². The minimum Gasteiger partial charge on any atom is -0.366 e. The van der Waals surface area contributed by atoms with Crippen LogP contribution in [0.5, 0.6) is 0 Å². The van der Waals surface area contributed by atoms with E-state index in [1.165, 1.54) is 6.07 Å². The number of hydrogen-bond donors (Lipinski definition) is 2. The summed E-state index contributed by atoms with van der Waals surface area (Å²) < 4.78 is 15.2. The minimum atomic E-state index is -0.665. The second-order valence-electron chi connectivity index (χ2n) is 7.37.